The Morgan fingerprint density at radius 2 is 1.71 bits per heavy atom. The van der Waals surface area contributed by atoms with E-state index in [2.05, 4.69) is 34.5 Å². The number of hydrogen-bond donors (Lipinski definition) is 1. The molecule has 1 amide bonds. The van der Waals surface area contributed by atoms with E-state index in [9.17, 15) is 4.79 Å². The van der Waals surface area contributed by atoms with Crippen molar-refractivity contribution in [3.63, 3.8) is 0 Å². The van der Waals surface area contributed by atoms with Crippen LogP contribution in [0.25, 0.3) is 0 Å². The lowest BCUT2D eigenvalue weighted by atomic mass is 10.1. The van der Waals surface area contributed by atoms with Crippen LogP contribution in [0.5, 0.6) is 0 Å². The van der Waals surface area contributed by atoms with Gasteiger partial charge in [-0.15, -0.1) is 0 Å². The van der Waals surface area contributed by atoms with Crippen LogP contribution >= 0.6 is 11.6 Å². The highest BCUT2D eigenvalue weighted by Crippen LogP contribution is 2.14. The van der Waals surface area contributed by atoms with Gasteiger partial charge in [0, 0.05) is 18.1 Å². The summed E-state index contributed by atoms with van der Waals surface area (Å²) in [5, 5.41) is 3.63. The molecule has 0 bridgehead atoms. The van der Waals surface area contributed by atoms with Crippen molar-refractivity contribution in [3.05, 3.63) is 70.2 Å². The quantitative estimate of drug-likeness (QED) is 0.866. The van der Waals surface area contributed by atoms with E-state index in [1.807, 2.05) is 24.3 Å². The molecule has 0 aliphatic carbocycles. The number of amides is 1. The van der Waals surface area contributed by atoms with Crippen LogP contribution in [0.1, 0.15) is 29.5 Å². The molecule has 0 unspecified atom stereocenters. The first-order valence-electron chi connectivity index (χ1n) is 8.50. The number of benzene rings is 2. The van der Waals surface area contributed by atoms with Crippen LogP contribution in [-0.2, 0) is 24.3 Å². The topological polar surface area (TPSA) is 32.3 Å². The van der Waals surface area contributed by atoms with Crippen molar-refractivity contribution >= 4 is 17.5 Å². The molecule has 4 heteroatoms. The zero-order valence-electron chi connectivity index (χ0n) is 13.8. The molecule has 0 spiro atoms. The summed E-state index contributed by atoms with van der Waals surface area (Å²) in [4.78, 5) is 14.5. The summed E-state index contributed by atoms with van der Waals surface area (Å²) >= 11 is 5.94. The minimum absolute atomic E-state index is 0.0124. The lowest BCUT2D eigenvalue weighted by Gasteiger charge is -2.14. The highest BCUT2D eigenvalue weighted by Gasteiger charge is 2.11. The predicted molar refractivity (Wildman–Crippen MR) is 98.0 cm³/mol. The van der Waals surface area contributed by atoms with Gasteiger partial charge in [-0.25, -0.2) is 0 Å². The first-order valence-corrected chi connectivity index (χ1v) is 8.88. The van der Waals surface area contributed by atoms with E-state index in [1.165, 1.54) is 31.5 Å². The summed E-state index contributed by atoms with van der Waals surface area (Å²) in [6.07, 6.45) is 2.99. The molecular weight excluding hydrogens is 320 g/mol. The number of likely N-dealkylation sites (tertiary alicyclic amines) is 1. The summed E-state index contributed by atoms with van der Waals surface area (Å²) in [7, 11) is 0. The molecule has 1 N–H and O–H groups in total. The molecule has 1 heterocycles. The third-order valence-electron chi connectivity index (χ3n) is 4.37. The van der Waals surface area contributed by atoms with E-state index in [-0.39, 0.29) is 5.91 Å². The highest BCUT2D eigenvalue weighted by molar-refractivity contribution is 6.30. The molecule has 1 fully saturated rings. The average Bonchev–Trinajstić information content (AvgIpc) is 3.07. The zero-order valence-corrected chi connectivity index (χ0v) is 14.6. The van der Waals surface area contributed by atoms with Gasteiger partial charge >= 0.3 is 0 Å². The van der Waals surface area contributed by atoms with Gasteiger partial charge in [0.05, 0.1) is 6.42 Å². The molecule has 2 aromatic rings. The minimum Gasteiger partial charge on any atom is -0.352 e. The molecule has 0 aromatic heterocycles. The first kappa shape index (κ1) is 17.0. The Morgan fingerprint density at radius 3 is 2.42 bits per heavy atom. The fourth-order valence-corrected chi connectivity index (χ4v) is 3.27. The number of nitrogens with one attached hydrogen (secondary N) is 1. The van der Waals surface area contributed by atoms with Gasteiger partial charge in [-0.1, -0.05) is 48.0 Å². The van der Waals surface area contributed by atoms with Crippen molar-refractivity contribution in [3.8, 4) is 0 Å². The summed E-state index contributed by atoms with van der Waals surface area (Å²) in [5.41, 5.74) is 3.39. The van der Waals surface area contributed by atoms with Crippen LogP contribution in [0.4, 0.5) is 0 Å². The molecule has 2 aromatic carbocycles. The van der Waals surface area contributed by atoms with Gasteiger partial charge in [0.15, 0.2) is 0 Å². The molecule has 126 valence electrons. The molecule has 3 nitrogen and oxygen atoms in total. The second kappa shape index (κ2) is 8.32. The zero-order chi connectivity index (χ0) is 16.8. The van der Waals surface area contributed by atoms with E-state index < -0.39 is 0 Å². The Balaban J connectivity index is 1.46. The van der Waals surface area contributed by atoms with Crippen molar-refractivity contribution in [1.82, 2.24) is 10.2 Å². The maximum absolute atomic E-state index is 12.0. The molecule has 3 rings (SSSR count). The van der Waals surface area contributed by atoms with E-state index in [0.29, 0.717) is 18.0 Å². The van der Waals surface area contributed by atoms with Crippen LogP contribution in [0, 0.1) is 0 Å². The Hall–Kier alpha value is -1.84. The molecule has 1 aliphatic heterocycles. The molecule has 0 atom stereocenters. The number of carbonyl (C=O) groups is 1. The van der Waals surface area contributed by atoms with Gasteiger partial charge in [-0.2, -0.15) is 0 Å². The van der Waals surface area contributed by atoms with Crippen LogP contribution in [-0.4, -0.2) is 23.9 Å². The van der Waals surface area contributed by atoms with E-state index in [4.69, 9.17) is 11.6 Å². The number of hydrogen-bond acceptors (Lipinski definition) is 2. The lowest BCUT2D eigenvalue weighted by molar-refractivity contribution is -0.120. The summed E-state index contributed by atoms with van der Waals surface area (Å²) in [5.74, 6) is 0.0124. The summed E-state index contributed by atoms with van der Waals surface area (Å²) < 4.78 is 0. The monoisotopic (exact) mass is 342 g/mol. The maximum Gasteiger partial charge on any atom is 0.224 e. The van der Waals surface area contributed by atoms with Crippen LogP contribution < -0.4 is 5.32 Å². The molecule has 0 saturated carbocycles. The van der Waals surface area contributed by atoms with E-state index in [0.717, 1.165) is 17.7 Å². The molecular formula is C20H23ClN2O. The van der Waals surface area contributed by atoms with E-state index >= 15 is 0 Å². The molecule has 0 radical (unpaired) electrons. The third kappa shape index (κ3) is 5.08. The Kier molecular flexibility index (Phi) is 5.89. The first-order chi connectivity index (χ1) is 11.7. The number of carbonyl (C=O) groups excluding carboxylic acids is 1. The highest BCUT2D eigenvalue weighted by atomic mass is 35.5. The number of halogens is 1. The van der Waals surface area contributed by atoms with E-state index in [1.54, 1.807) is 0 Å². The average molecular weight is 343 g/mol. The van der Waals surface area contributed by atoms with Crippen molar-refractivity contribution < 1.29 is 4.79 Å². The van der Waals surface area contributed by atoms with Crippen molar-refractivity contribution in [2.75, 3.05) is 13.1 Å². The minimum atomic E-state index is 0.0124. The van der Waals surface area contributed by atoms with Crippen LogP contribution in [0.2, 0.25) is 5.02 Å². The summed E-state index contributed by atoms with van der Waals surface area (Å²) in [6.45, 7) is 4.01. The SMILES string of the molecule is O=C(Cc1cccc(Cl)c1)NCc1ccc(CN2CCCC2)cc1. The number of nitrogens with zero attached hydrogens (tertiary/aromatic N) is 1. The molecule has 24 heavy (non-hydrogen) atoms. The third-order valence-corrected chi connectivity index (χ3v) is 4.61. The van der Waals surface area contributed by atoms with Crippen molar-refractivity contribution in [2.24, 2.45) is 0 Å². The fourth-order valence-electron chi connectivity index (χ4n) is 3.06. The van der Waals surface area contributed by atoms with Crippen LogP contribution in [0.15, 0.2) is 48.5 Å². The molecule has 1 saturated heterocycles. The number of rotatable bonds is 6. The molecule has 1 aliphatic rings. The van der Waals surface area contributed by atoms with Crippen molar-refractivity contribution in [2.45, 2.75) is 32.4 Å². The Bertz CT molecular complexity index is 678. The smallest absolute Gasteiger partial charge is 0.224 e. The second-order valence-corrected chi connectivity index (χ2v) is 6.82. The van der Waals surface area contributed by atoms with Crippen molar-refractivity contribution in [1.29, 1.82) is 0 Å². The maximum atomic E-state index is 12.0. The van der Waals surface area contributed by atoms with Gasteiger partial charge in [0.2, 0.25) is 5.91 Å². The summed E-state index contributed by atoms with van der Waals surface area (Å²) in [6, 6.07) is 16.0. The van der Waals surface area contributed by atoms with Gasteiger partial charge in [0.25, 0.3) is 0 Å². The Labute approximate surface area is 148 Å². The second-order valence-electron chi connectivity index (χ2n) is 6.38. The fraction of sp³-hybridized carbons (Fsp3) is 0.350. The largest absolute Gasteiger partial charge is 0.352 e. The standard InChI is InChI=1S/C20H23ClN2O/c21-19-5-3-4-18(12-19)13-20(24)22-14-16-6-8-17(9-7-16)15-23-10-1-2-11-23/h3-9,12H,1-2,10-11,13-15H2,(H,22,24). The van der Waals surface area contributed by atoms with Gasteiger partial charge in [-0.3, -0.25) is 9.69 Å². The van der Waals surface area contributed by atoms with Crippen LogP contribution in [0.3, 0.4) is 0 Å². The van der Waals surface area contributed by atoms with Gasteiger partial charge in [-0.05, 0) is 54.8 Å². The Morgan fingerprint density at radius 1 is 1.00 bits per heavy atom. The lowest BCUT2D eigenvalue weighted by Crippen LogP contribution is -2.24. The predicted octanol–water partition coefficient (Wildman–Crippen LogP) is 3.79. The normalized spacial score (nSPS) is 14.7. The van der Waals surface area contributed by atoms with Gasteiger partial charge in [0.1, 0.15) is 0 Å². The van der Waals surface area contributed by atoms with Gasteiger partial charge < -0.3 is 5.32 Å².